The molecule has 1 saturated heterocycles. The van der Waals surface area contributed by atoms with E-state index in [0.717, 1.165) is 13.0 Å². The molecule has 0 radical (unpaired) electrons. The molecule has 2 N–H and O–H groups in total. The third-order valence-corrected chi connectivity index (χ3v) is 2.68. The number of allylic oxidation sites excluding steroid dienone is 1. The lowest BCUT2D eigenvalue weighted by atomic mass is 10.1. The molecule has 0 saturated carbocycles. The number of imide groups is 1. The summed E-state index contributed by atoms with van der Waals surface area (Å²) in [4.78, 5) is 22.3. The van der Waals surface area contributed by atoms with Gasteiger partial charge < -0.3 is 5.32 Å². The van der Waals surface area contributed by atoms with Gasteiger partial charge >= 0.3 is 0 Å². The molecular formula is C11H18N2O2. The molecule has 1 rings (SSSR count). The molecule has 0 aliphatic carbocycles. The summed E-state index contributed by atoms with van der Waals surface area (Å²) in [6.45, 7) is 4.80. The molecule has 1 atom stereocenters. The lowest BCUT2D eigenvalue weighted by molar-refractivity contribution is -0.134. The van der Waals surface area contributed by atoms with Gasteiger partial charge in [-0.25, -0.2) is 0 Å². The predicted octanol–water partition coefficient (Wildman–Crippen LogP) is 0.737. The lowest BCUT2D eigenvalue weighted by Crippen LogP contribution is -2.51. The fourth-order valence-electron chi connectivity index (χ4n) is 1.57. The standard InChI is InChI=1S/C11H18N2O2/c1-3-8(4-2)7-12-9-5-6-10(14)13-11(9)15/h3,9,12H,4-7H2,1-2H3,(H,13,14,15)/b8-3+. The van der Waals surface area contributed by atoms with Gasteiger partial charge in [0.15, 0.2) is 0 Å². The molecular weight excluding hydrogens is 192 g/mol. The van der Waals surface area contributed by atoms with Crippen LogP contribution in [0.5, 0.6) is 0 Å². The molecule has 4 nitrogen and oxygen atoms in total. The predicted molar refractivity (Wildman–Crippen MR) is 58.2 cm³/mol. The Morgan fingerprint density at radius 3 is 2.87 bits per heavy atom. The maximum Gasteiger partial charge on any atom is 0.243 e. The van der Waals surface area contributed by atoms with Crippen LogP contribution in [0.3, 0.4) is 0 Å². The van der Waals surface area contributed by atoms with Crippen LogP contribution in [0.2, 0.25) is 0 Å². The molecule has 0 aromatic carbocycles. The van der Waals surface area contributed by atoms with Crippen molar-refractivity contribution < 1.29 is 9.59 Å². The van der Waals surface area contributed by atoms with Gasteiger partial charge in [0, 0.05) is 13.0 Å². The second-order valence-corrected chi connectivity index (χ2v) is 3.69. The molecule has 4 heteroatoms. The van der Waals surface area contributed by atoms with E-state index in [0.29, 0.717) is 12.8 Å². The molecule has 84 valence electrons. The van der Waals surface area contributed by atoms with Crippen molar-refractivity contribution in [3.63, 3.8) is 0 Å². The highest BCUT2D eigenvalue weighted by molar-refractivity contribution is 6.00. The summed E-state index contributed by atoms with van der Waals surface area (Å²) in [5.41, 5.74) is 1.28. The van der Waals surface area contributed by atoms with Crippen molar-refractivity contribution in [3.8, 4) is 0 Å². The molecule has 1 unspecified atom stereocenters. The molecule has 2 amide bonds. The highest BCUT2D eigenvalue weighted by Crippen LogP contribution is 2.05. The highest BCUT2D eigenvalue weighted by atomic mass is 16.2. The number of piperidine rings is 1. The van der Waals surface area contributed by atoms with Crippen LogP contribution < -0.4 is 10.6 Å². The van der Waals surface area contributed by atoms with Gasteiger partial charge in [-0.2, -0.15) is 0 Å². The van der Waals surface area contributed by atoms with Crippen LogP contribution in [-0.4, -0.2) is 24.4 Å². The summed E-state index contributed by atoms with van der Waals surface area (Å²) in [5.74, 6) is -0.363. The zero-order valence-corrected chi connectivity index (χ0v) is 9.30. The number of carbonyl (C=O) groups excluding carboxylic acids is 2. The number of nitrogens with one attached hydrogen (secondary N) is 2. The first-order valence-corrected chi connectivity index (χ1v) is 5.38. The van der Waals surface area contributed by atoms with Gasteiger partial charge in [-0.1, -0.05) is 18.6 Å². The minimum atomic E-state index is -0.218. The monoisotopic (exact) mass is 210 g/mol. The molecule has 1 aliphatic rings. The van der Waals surface area contributed by atoms with Crippen LogP contribution in [0.15, 0.2) is 11.6 Å². The molecule has 1 heterocycles. The number of amides is 2. The fraction of sp³-hybridized carbons (Fsp3) is 0.636. The second kappa shape index (κ2) is 5.66. The fourth-order valence-corrected chi connectivity index (χ4v) is 1.57. The lowest BCUT2D eigenvalue weighted by Gasteiger charge is -2.22. The Kier molecular flexibility index (Phi) is 4.49. The minimum Gasteiger partial charge on any atom is -0.302 e. The van der Waals surface area contributed by atoms with Crippen LogP contribution in [0.1, 0.15) is 33.1 Å². The SMILES string of the molecule is C/C=C(\CC)CNC1CCC(=O)NC1=O. The Bertz CT molecular complexity index is 284. The molecule has 0 aromatic heterocycles. The zero-order valence-electron chi connectivity index (χ0n) is 9.30. The van der Waals surface area contributed by atoms with Gasteiger partial charge in [-0.05, 0) is 19.8 Å². The molecule has 0 bridgehead atoms. The second-order valence-electron chi connectivity index (χ2n) is 3.69. The van der Waals surface area contributed by atoms with Gasteiger partial charge in [0.1, 0.15) is 0 Å². The van der Waals surface area contributed by atoms with Crippen molar-refractivity contribution in [3.05, 3.63) is 11.6 Å². The van der Waals surface area contributed by atoms with Crippen molar-refractivity contribution >= 4 is 11.8 Å². The van der Waals surface area contributed by atoms with Crippen molar-refractivity contribution in [1.29, 1.82) is 0 Å². The average Bonchev–Trinajstić information content (AvgIpc) is 2.22. The van der Waals surface area contributed by atoms with E-state index in [-0.39, 0.29) is 17.9 Å². The van der Waals surface area contributed by atoms with Crippen LogP contribution in [0, 0.1) is 0 Å². The first kappa shape index (κ1) is 11.9. The van der Waals surface area contributed by atoms with Crippen molar-refractivity contribution in [1.82, 2.24) is 10.6 Å². The molecule has 1 aliphatic heterocycles. The number of rotatable bonds is 4. The van der Waals surface area contributed by atoms with Gasteiger partial charge in [0.2, 0.25) is 11.8 Å². The number of hydrogen-bond acceptors (Lipinski definition) is 3. The largest absolute Gasteiger partial charge is 0.302 e. The topological polar surface area (TPSA) is 58.2 Å². The van der Waals surface area contributed by atoms with Gasteiger partial charge in [-0.15, -0.1) is 0 Å². The molecule has 0 spiro atoms. The van der Waals surface area contributed by atoms with E-state index in [2.05, 4.69) is 23.6 Å². The van der Waals surface area contributed by atoms with Crippen molar-refractivity contribution in [2.45, 2.75) is 39.2 Å². The van der Waals surface area contributed by atoms with E-state index in [1.807, 2.05) is 6.92 Å². The zero-order chi connectivity index (χ0) is 11.3. The quantitative estimate of drug-likeness (QED) is 0.531. The third kappa shape index (κ3) is 3.47. The molecule has 15 heavy (non-hydrogen) atoms. The van der Waals surface area contributed by atoms with E-state index in [1.54, 1.807) is 0 Å². The molecule has 0 aromatic rings. The Labute approximate surface area is 90.1 Å². The summed E-state index contributed by atoms with van der Waals surface area (Å²) >= 11 is 0. The highest BCUT2D eigenvalue weighted by Gasteiger charge is 2.25. The summed E-state index contributed by atoms with van der Waals surface area (Å²) in [6.07, 6.45) is 4.07. The van der Waals surface area contributed by atoms with Crippen molar-refractivity contribution in [2.75, 3.05) is 6.54 Å². The van der Waals surface area contributed by atoms with Crippen molar-refractivity contribution in [2.24, 2.45) is 0 Å². The minimum absolute atomic E-state index is 0.167. The third-order valence-electron chi connectivity index (χ3n) is 2.68. The first-order valence-electron chi connectivity index (χ1n) is 5.38. The van der Waals surface area contributed by atoms with E-state index >= 15 is 0 Å². The Morgan fingerprint density at radius 2 is 2.33 bits per heavy atom. The number of carbonyl (C=O) groups is 2. The summed E-state index contributed by atoms with van der Waals surface area (Å²) in [6, 6.07) is -0.218. The number of hydrogen-bond donors (Lipinski definition) is 2. The van der Waals surface area contributed by atoms with Crippen LogP contribution in [0.25, 0.3) is 0 Å². The van der Waals surface area contributed by atoms with Gasteiger partial charge in [0.05, 0.1) is 6.04 Å². The Morgan fingerprint density at radius 1 is 1.60 bits per heavy atom. The Hall–Kier alpha value is -1.16. The van der Waals surface area contributed by atoms with E-state index < -0.39 is 0 Å². The maximum atomic E-state index is 11.4. The maximum absolute atomic E-state index is 11.4. The summed E-state index contributed by atoms with van der Waals surface area (Å²) in [7, 11) is 0. The van der Waals surface area contributed by atoms with Crippen LogP contribution in [0.4, 0.5) is 0 Å². The van der Waals surface area contributed by atoms with Gasteiger partial charge in [-0.3, -0.25) is 14.9 Å². The molecule has 1 fully saturated rings. The average molecular weight is 210 g/mol. The smallest absolute Gasteiger partial charge is 0.243 e. The van der Waals surface area contributed by atoms with E-state index in [9.17, 15) is 9.59 Å². The summed E-state index contributed by atoms with van der Waals surface area (Å²) in [5, 5.41) is 5.49. The first-order chi connectivity index (χ1) is 7.17. The van der Waals surface area contributed by atoms with E-state index in [1.165, 1.54) is 5.57 Å². The van der Waals surface area contributed by atoms with Gasteiger partial charge in [0.25, 0.3) is 0 Å². The summed E-state index contributed by atoms with van der Waals surface area (Å²) < 4.78 is 0. The van der Waals surface area contributed by atoms with Crippen LogP contribution in [-0.2, 0) is 9.59 Å². The normalized spacial score (nSPS) is 22.8. The van der Waals surface area contributed by atoms with E-state index in [4.69, 9.17) is 0 Å². The Balaban J connectivity index is 2.39. The van der Waals surface area contributed by atoms with Crippen LogP contribution >= 0.6 is 0 Å².